The predicted molar refractivity (Wildman–Crippen MR) is 97.1 cm³/mol. The Hall–Kier alpha value is -1.01. The van der Waals surface area contributed by atoms with Gasteiger partial charge in [0.2, 0.25) is 0 Å². The maximum absolute atomic E-state index is 11.7. The van der Waals surface area contributed by atoms with E-state index in [1.54, 1.807) is 17.7 Å². The highest BCUT2D eigenvalue weighted by Gasteiger charge is 2.44. The SMILES string of the molecule is [2H]C1[C@H]2Oc3nc(=O)c(C)cn3[C@@H]2O[C@@H]1COP(C)N(C(C)C)C(C)C. The van der Waals surface area contributed by atoms with Crippen LogP contribution in [-0.2, 0) is 9.26 Å². The van der Waals surface area contributed by atoms with E-state index in [0.717, 1.165) is 0 Å². The number of nitrogens with zero attached hydrogens (tertiary/aromatic N) is 3. The molecular formula is C17H28N3O4P. The highest BCUT2D eigenvalue weighted by Crippen LogP contribution is 2.43. The zero-order valence-corrected chi connectivity index (χ0v) is 16.6. The fourth-order valence-corrected chi connectivity index (χ4v) is 5.26. The fourth-order valence-electron chi connectivity index (χ4n) is 3.46. The second kappa shape index (κ2) is 7.31. The van der Waals surface area contributed by atoms with E-state index in [4.69, 9.17) is 15.4 Å². The lowest BCUT2D eigenvalue weighted by Crippen LogP contribution is -2.33. The number of ether oxygens (including phenoxy) is 2. The van der Waals surface area contributed by atoms with E-state index < -0.39 is 27.0 Å². The molecule has 1 fully saturated rings. The van der Waals surface area contributed by atoms with Crippen LogP contribution in [0.1, 0.15) is 47.3 Å². The Morgan fingerprint density at radius 1 is 1.48 bits per heavy atom. The van der Waals surface area contributed by atoms with Crippen LogP contribution in [0.15, 0.2) is 11.0 Å². The average Bonchev–Trinajstić information content (AvgIpc) is 3.02. The van der Waals surface area contributed by atoms with Crippen molar-refractivity contribution in [2.24, 2.45) is 0 Å². The van der Waals surface area contributed by atoms with Gasteiger partial charge in [-0.05, 0) is 41.3 Å². The molecule has 7 nitrogen and oxygen atoms in total. The van der Waals surface area contributed by atoms with Crippen LogP contribution in [0.4, 0.5) is 0 Å². The Bertz CT molecular complexity index is 706. The number of hydrogen-bond donors (Lipinski definition) is 0. The molecule has 0 radical (unpaired) electrons. The standard InChI is InChI=1S/C17H28N3O4P/c1-10(2)20(11(3)4)25(6)22-9-13-7-14-16(23-13)19-8-12(5)15(21)18-17(19)24-14/h8,10-11,13-14,16H,7,9H2,1-6H3/t13-,14+,16+,25?/m0/s1/i7D/t7?,13-,14+,16+,25?. The summed E-state index contributed by atoms with van der Waals surface area (Å²) in [5.41, 5.74) is 0.223. The maximum Gasteiger partial charge on any atom is 0.302 e. The summed E-state index contributed by atoms with van der Waals surface area (Å²) >= 11 is 0. The molecule has 25 heavy (non-hydrogen) atoms. The zero-order chi connectivity index (χ0) is 19.2. The summed E-state index contributed by atoms with van der Waals surface area (Å²) < 4.78 is 30.4. The van der Waals surface area contributed by atoms with E-state index in [1.807, 2.05) is 0 Å². The van der Waals surface area contributed by atoms with Crippen LogP contribution in [0.25, 0.3) is 0 Å². The van der Waals surface area contributed by atoms with Gasteiger partial charge in [-0.15, -0.1) is 0 Å². The summed E-state index contributed by atoms with van der Waals surface area (Å²) in [7, 11) is -0.766. The van der Waals surface area contributed by atoms with E-state index in [2.05, 4.69) is 44.0 Å². The van der Waals surface area contributed by atoms with E-state index in [0.29, 0.717) is 24.3 Å². The summed E-state index contributed by atoms with van der Waals surface area (Å²) in [6.45, 7) is 12.8. The monoisotopic (exact) mass is 370 g/mol. The van der Waals surface area contributed by atoms with Gasteiger partial charge < -0.3 is 14.0 Å². The number of hydrogen-bond acceptors (Lipinski definition) is 6. The zero-order valence-electron chi connectivity index (χ0n) is 16.7. The number of rotatable bonds is 6. The van der Waals surface area contributed by atoms with Gasteiger partial charge in [0.05, 0.1) is 12.7 Å². The summed E-state index contributed by atoms with van der Waals surface area (Å²) in [4.78, 5) is 15.6. The number of aromatic nitrogens is 2. The molecule has 8 heteroatoms. The lowest BCUT2D eigenvalue weighted by atomic mass is 10.2. The first-order chi connectivity index (χ1) is 12.2. The molecule has 2 aliphatic heterocycles. The third kappa shape index (κ3) is 3.75. The van der Waals surface area contributed by atoms with Crippen molar-refractivity contribution in [3.8, 4) is 6.01 Å². The largest absolute Gasteiger partial charge is 0.456 e. The molecule has 140 valence electrons. The third-order valence-corrected chi connectivity index (χ3v) is 6.51. The second-order valence-electron chi connectivity index (χ2n) is 7.09. The summed E-state index contributed by atoms with van der Waals surface area (Å²) in [5.74, 6) is 0. The lowest BCUT2D eigenvalue weighted by molar-refractivity contribution is -0.0210. The van der Waals surface area contributed by atoms with E-state index in [9.17, 15) is 4.79 Å². The minimum absolute atomic E-state index is 0.232. The van der Waals surface area contributed by atoms with Gasteiger partial charge in [-0.25, -0.2) is 0 Å². The molecule has 2 unspecified atom stereocenters. The van der Waals surface area contributed by atoms with Gasteiger partial charge in [0.25, 0.3) is 5.56 Å². The number of aryl methyl sites for hydroxylation is 1. The second-order valence-corrected chi connectivity index (χ2v) is 8.73. The first-order valence-corrected chi connectivity index (χ1v) is 10.4. The molecule has 0 N–H and O–H groups in total. The Morgan fingerprint density at radius 3 is 2.80 bits per heavy atom. The molecule has 1 saturated heterocycles. The van der Waals surface area contributed by atoms with E-state index in [-0.39, 0.29) is 17.7 Å². The quantitative estimate of drug-likeness (QED) is 0.718. The fraction of sp³-hybridized carbons (Fsp3) is 0.765. The van der Waals surface area contributed by atoms with Crippen molar-refractivity contribution >= 4 is 8.30 Å². The summed E-state index contributed by atoms with van der Waals surface area (Å²) in [6.07, 6.45) is -0.165. The lowest BCUT2D eigenvalue weighted by Gasteiger charge is -2.35. The summed E-state index contributed by atoms with van der Waals surface area (Å²) in [6, 6.07) is 1.02. The first-order valence-electron chi connectivity index (χ1n) is 9.27. The Morgan fingerprint density at radius 2 is 2.16 bits per heavy atom. The van der Waals surface area contributed by atoms with Crippen molar-refractivity contribution in [1.29, 1.82) is 0 Å². The van der Waals surface area contributed by atoms with Crippen molar-refractivity contribution in [2.45, 2.75) is 71.5 Å². The molecule has 5 atom stereocenters. The van der Waals surface area contributed by atoms with Crippen molar-refractivity contribution in [3.05, 3.63) is 22.1 Å². The smallest absolute Gasteiger partial charge is 0.302 e. The molecule has 1 aromatic rings. The molecule has 2 aliphatic rings. The maximum atomic E-state index is 11.7. The van der Waals surface area contributed by atoms with Gasteiger partial charge in [0.1, 0.15) is 14.4 Å². The van der Waals surface area contributed by atoms with Crippen LogP contribution < -0.4 is 10.3 Å². The Balaban J connectivity index is 1.66. The molecule has 0 amide bonds. The highest BCUT2D eigenvalue weighted by atomic mass is 31.2. The Labute approximate surface area is 151 Å². The van der Waals surface area contributed by atoms with Gasteiger partial charge in [0.15, 0.2) is 6.23 Å². The molecular weight excluding hydrogens is 341 g/mol. The molecule has 0 spiro atoms. The predicted octanol–water partition coefficient (Wildman–Crippen LogP) is 2.68. The van der Waals surface area contributed by atoms with Crippen LogP contribution in [-0.4, -0.2) is 51.8 Å². The van der Waals surface area contributed by atoms with Gasteiger partial charge in [-0.2, -0.15) is 4.98 Å². The molecule has 1 aromatic heterocycles. The minimum atomic E-state index is -0.766. The van der Waals surface area contributed by atoms with Crippen LogP contribution >= 0.6 is 8.30 Å². The molecule has 3 heterocycles. The van der Waals surface area contributed by atoms with Gasteiger partial charge in [-0.3, -0.25) is 14.0 Å². The van der Waals surface area contributed by atoms with Crippen molar-refractivity contribution in [3.63, 3.8) is 0 Å². The summed E-state index contributed by atoms with van der Waals surface area (Å²) in [5, 5.41) is 0. The van der Waals surface area contributed by atoms with Crippen LogP contribution in [0, 0.1) is 6.92 Å². The normalized spacial score (nSPS) is 29.7. The minimum Gasteiger partial charge on any atom is -0.456 e. The topological polar surface area (TPSA) is 65.8 Å². The molecule has 3 rings (SSSR count). The third-order valence-electron chi connectivity index (χ3n) is 4.41. The average molecular weight is 370 g/mol. The first kappa shape index (κ1) is 17.4. The molecule has 0 bridgehead atoms. The van der Waals surface area contributed by atoms with Gasteiger partial charge in [0, 0.05) is 31.6 Å². The molecule has 0 aromatic carbocycles. The van der Waals surface area contributed by atoms with Crippen molar-refractivity contribution in [1.82, 2.24) is 14.2 Å². The van der Waals surface area contributed by atoms with Crippen molar-refractivity contribution < 1.29 is 15.4 Å². The van der Waals surface area contributed by atoms with Gasteiger partial charge >= 0.3 is 6.01 Å². The van der Waals surface area contributed by atoms with Crippen LogP contribution in [0.2, 0.25) is 0 Å². The molecule has 0 saturated carbocycles. The van der Waals surface area contributed by atoms with Crippen molar-refractivity contribution in [2.75, 3.05) is 13.3 Å². The van der Waals surface area contributed by atoms with E-state index >= 15 is 0 Å². The number of fused-ring (bicyclic) bond motifs is 3. The van der Waals surface area contributed by atoms with E-state index in [1.165, 1.54) is 0 Å². The van der Waals surface area contributed by atoms with Gasteiger partial charge in [-0.1, -0.05) is 0 Å². The molecule has 0 aliphatic carbocycles. The van der Waals surface area contributed by atoms with Crippen LogP contribution in [0.3, 0.4) is 0 Å². The highest BCUT2D eigenvalue weighted by molar-refractivity contribution is 7.49. The van der Waals surface area contributed by atoms with Crippen LogP contribution in [0.5, 0.6) is 6.01 Å². The Kier molecular flexibility index (Phi) is 5.09.